The molecule has 0 amide bonds. The van der Waals surface area contributed by atoms with Crippen molar-refractivity contribution in [3.63, 3.8) is 0 Å². The lowest BCUT2D eigenvalue weighted by Crippen LogP contribution is -2.39. The van der Waals surface area contributed by atoms with E-state index in [0.717, 1.165) is 37.9 Å². The largest absolute Gasteiger partial charge is 0.460 e. The highest BCUT2D eigenvalue weighted by atomic mass is 16.5. The molecule has 0 unspecified atom stereocenters. The van der Waals surface area contributed by atoms with E-state index in [2.05, 4.69) is 45.2 Å². The van der Waals surface area contributed by atoms with Crippen molar-refractivity contribution in [1.29, 1.82) is 0 Å². The van der Waals surface area contributed by atoms with Gasteiger partial charge in [-0.25, -0.2) is 9.97 Å². The molecule has 4 heteroatoms. The average molecular weight is 311 g/mol. The number of likely N-dealkylation sites (tertiary alicyclic amines) is 1. The highest BCUT2D eigenvalue weighted by molar-refractivity contribution is 5.14. The molecule has 3 rings (SSSR count). The summed E-state index contributed by atoms with van der Waals surface area (Å²) in [5.74, 6) is 0. The molecule has 1 aromatic heterocycles. The molecule has 1 aliphatic heterocycles. The lowest BCUT2D eigenvalue weighted by molar-refractivity contribution is 0.0922. The Morgan fingerprint density at radius 1 is 1.09 bits per heavy atom. The van der Waals surface area contributed by atoms with Crippen LogP contribution in [0, 0.1) is 6.92 Å². The van der Waals surface area contributed by atoms with Crippen molar-refractivity contribution in [1.82, 2.24) is 14.9 Å². The van der Waals surface area contributed by atoms with Gasteiger partial charge in [-0.2, -0.15) is 0 Å². The standard InChI is InChI=1S/C19H25N3O/c1-16-14-20-19(21-15-16)23-18-9-12-22(13-10-18)11-5-8-17-6-3-2-4-7-17/h2-4,6-7,14-15,18H,5,8-13H2,1H3. The molecule has 1 aromatic carbocycles. The summed E-state index contributed by atoms with van der Waals surface area (Å²) in [7, 11) is 0. The summed E-state index contributed by atoms with van der Waals surface area (Å²) in [5, 5.41) is 0. The second-order valence-corrected chi connectivity index (χ2v) is 6.29. The fourth-order valence-corrected chi connectivity index (χ4v) is 2.99. The molecule has 122 valence electrons. The van der Waals surface area contributed by atoms with Gasteiger partial charge in [0.2, 0.25) is 0 Å². The van der Waals surface area contributed by atoms with Crippen LogP contribution in [-0.4, -0.2) is 40.6 Å². The summed E-state index contributed by atoms with van der Waals surface area (Å²) in [5.41, 5.74) is 2.49. The molecule has 4 nitrogen and oxygen atoms in total. The average Bonchev–Trinajstić information content (AvgIpc) is 2.59. The van der Waals surface area contributed by atoms with Crippen molar-refractivity contribution in [3.05, 3.63) is 53.9 Å². The third-order valence-corrected chi connectivity index (χ3v) is 4.35. The molecule has 1 fully saturated rings. The van der Waals surface area contributed by atoms with E-state index in [1.165, 1.54) is 18.5 Å². The molecule has 0 spiro atoms. The zero-order chi connectivity index (χ0) is 15.9. The number of aryl methyl sites for hydroxylation is 2. The highest BCUT2D eigenvalue weighted by Crippen LogP contribution is 2.16. The maximum absolute atomic E-state index is 5.88. The van der Waals surface area contributed by atoms with Crippen LogP contribution in [0.5, 0.6) is 6.01 Å². The van der Waals surface area contributed by atoms with E-state index < -0.39 is 0 Å². The number of aromatic nitrogens is 2. The zero-order valence-corrected chi connectivity index (χ0v) is 13.8. The SMILES string of the molecule is Cc1cnc(OC2CCN(CCCc3ccccc3)CC2)nc1. The van der Waals surface area contributed by atoms with Crippen LogP contribution in [0.2, 0.25) is 0 Å². The summed E-state index contributed by atoms with van der Waals surface area (Å²) in [6, 6.07) is 11.2. The number of ether oxygens (including phenoxy) is 1. The summed E-state index contributed by atoms with van der Waals surface area (Å²) in [6.45, 7) is 5.36. The molecule has 2 aromatic rings. The molecule has 1 saturated heterocycles. The molecule has 0 saturated carbocycles. The molecule has 0 atom stereocenters. The summed E-state index contributed by atoms with van der Waals surface area (Å²) >= 11 is 0. The minimum absolute atomic E-state index is 0.253. The van der Waals surface area contributed by atoms with E-state index >= 15 is 0 Å². The first-order chi connectivity index (χ1) is 11.3. The van der Waals surface area contributed by atoms with Crippen LogP contribution >= 0.6 is 0 Å². The van der Waals surface area contributed by atoms with Crippen LogP contribution in [0.3, 0.4) is 0 Å². The second kappa shape index (κ2) is 8.06. The number of hydrogen-bond donors (Lipinski definition) is 0. The van der Waals surface area contributed by atoms with E-state index in [1.54, 1.807) is 12.4 Å². The van der Waals surface area contributed by atoms with Gasteiger partial charge in [0.1, 0.15) is 6.10 Å². The van der Waals surface area contributed by atoms with Crippen LogP contribution in [0.4, 0.5) is 0 Å². The van der Waals surface area contributed by atoms with Gasteiger partial charge in [-0.05, 0) is 50.3 Å². The van der Waals surface area contributed by atoms with Crippen LogP contribution in [0.1, 0.15) is 30.4 Å². The Labute approximate surface area is 138 Å². The first-order valence-corrected chi connectivity index (χ1v) is 8.51. The Morgan fingerprint density at radius 2 is 1.78 bits per heavy atom. The van der Waals surface area contributed by atoms with Gasteiger partial charge in [0.15, 0.2) is 0 Å². The smallest absolute Gasteiger partial charge is 0.316 e. The second-order valence-electron chi connectivity index (χ2n) is 6.29. The molecule has 2 heterocycles. The van der Waals surface area contributed by atoms with Crippen molar-refractivity contribution in [3.8, 4) is 6.01 Å². The maximum Gasteiger partial charge on any atom is 0.316 e. The third-order valence-electron chi connectivity index (χ3n) is 4.35. The van der Waals surface area contributed by atoms with Crippen molar-refractivity contribution in [2.45, 2.75) is 38.7 Å². The summed E-state index contributed by atoms with van der Waals surface area (Å²) in [4.78, 5) is 11.0. The van der Waals surface area contributed by atoms with E-state index in [9.17, 15) is 0 Å². The Balaban J connectivity index is 1.36. The van der Waals surface area contributed by atoms with E-state index in [1.807, 2.05) is 6.92 Å². The Kier molecular flexibility index (Phi) is 5.59. The monoisotopic (exact) mass is 311 g/mol. The van der Waals surface area contributed by atoms with Crippen LogP contribution < -0.4 is 4.74 Å². The lowest BCUT2D eigenvalue weighted by atomic mass is 10.1. The number of piperidine rings is 1. The molecule has 0 aliphatic carbocycles. The fourth-order valence-electron chi connectivity index (χ4n) is 2.99. The first kappa shape index (κ1) is 15.9. The number of benzene rings is 1. The number of rotatable bonds is 6. The van der Waals surface area contributed by atoms with Crippen LogP contribution in [0.25, 0.3) is 0 Å². The van der Waals surface area contributed by atoms with E-state index in [4.69, 9.17) is 4.74 Å². The zero-order valence-electron chi connectivity index (χ0n) is 13.8. The quantitative estimate of drug-likeness (QED) is 0.821. The predicted molar refractivity (Wildman–Crippen MR) is 91.6 cm³/mol. The molecule has 0 radical (unpaired) electrons. The first-order valence-electron chi connectivity index (χ1n) is 8.51. The molecule has 0 bridgehead atoms. The van der Waals surface area contributed by atoms with Crippen molar-refractivity contribution in [2.75, 3.05) is 19.6 Å². The van der Waals surface area contributed by atoms with Gasteiger partial charge in [-0.1, -0.05) is 30.3 Å². The summed E-state index contributed by atoms with van der Waals surface area (Å²) in [6.07, 6.45) is 8.36. The van der Waals surface area contributed by atoms with Gasteiger partial charge in [-0.15, -0.1) is 0 Å². The predicted octanol–water partition coefficient (Wildman–Crippen LogP) is 3.26. The Morgan fingerprint density at radius 3 is 2.48 bits per heavy atom. The van der Waals surface area contributed by atoms with Gasteiger partial charge in [0, 0.05) is 25.5 Å². The van der Waals surface area contributed by atoms with Gasteiger partial charge in [0.05, 0.1) is 0 Å². The van der Waals surface area contributed by atoms with Crippen LogP contribution in [-0.2, 0) is 6.42 Å². The third kappa shape index (κ3) is 5.03. The lowest BCUT2D eigenvalue weighted by Gasteiger charge is -2.31. The summed E-state index contributed by atoms with van der Waals surface area (Å²) < 4.78 is 5.88. The number of nitrogens with zero attached hydrogens (tertiary/aromatic N) is 3. The van der Waals surface area contributed by atoms with Gasteiger partial charge in [-0.3, -0.25) is 0 Å². The molecular weight excluding hydrogens is 286 g/mol. The molecule has 23 heavy (non-hydrogen) atoms. The Bertz CT molecular complexity index is 577. The normalized spacial score (nSPS) is 16.4. The minimum atomic E-state index is 0.253. The van der Waals surface area contributed by atoms with E-state index in [0.29, 0.717) is 6.01 Å². The molecular formula is C19H25N3O. The maximum atomic E-state index is 5.88. The molecule has 0 N–H and O–H groups in total. The highest BCUT2D eigenvalue weighted by Gasteiger charge is 2.20. The van der Waals surface area contributed by atoms with Crippen molar-refractivity contribution in [2.24, 2.45) is 0 Å². The molecule has 1 aliphatic rings. The van der Waals surface area contributed by atoms with Gasteiger partial charge in [0.25, 0.3) is 0 Å². The topological polar surface area (TPSA) is 38.2 Å². The van der Waals surface area contributed by atoms with Crippen molar-refractivity contribution < 1.29 is 4.74 Å². The van der Waals surface area contributed by atoms with Crippen LogP contribution in [0.15, 0.2) is 42.7 Å². The fraction of sp³-hybridized carbons (Fsp3) is 0.474. The van der Waals surface area contributed by atoms with Crippen molar-refractivity contribution >= 4 is 0 Å². The van der Waals surface area contributed by atoms with E-state index in [-0.39, 0.29) is 6.10 Å². The van der Waals surface area contributed by atoms with Gasteiger partial charge < -0.3 is 9.64 Å². The number of hydrogen-bond acceptors (Lipinski definition) is 4. The van der Waals surface area contributed by atoms with Gasteiger partial charge >= 0.3 is 6.01 Å². The minimum Gasteiger partial charge on any atom is -0.460 e. The Hall–Kier alpha value is -1.94.